The number of amides is 1. The number of hydrogen-bond acceptors (Lipinski definition) is 3. The highest BCUT2D eigenvalue weighted by molar-refractivity contribution is 5.95. The van der Waals surface area contributed by atoms with E-state index in [0.717, 1.165) is 37.8 Å². The standard InChI is InChI=1S/C14H20N2O2/c1-11-9-15-7-6-13(11)14(18)16-8-4-2-3-5-12(16)10-17/h6-7,9,12,17H,2-5,8,10H2,1H3. The van der Waals surface area contributed by atoms with Crippen LogP contribution in [0.2, 0.25) is 0 Å². The van der Waals surface area contributed by atoms with Gasteiger partial charge in [-0.2, -0.15) is 0 Å². The van der Waals surface area contributed by atoms with Gasteiger partial charge in [0.05, 0.1) is 12.6 Å². The minimum atomic E-state index is -0.0347. The Morgan fingerprint density at radius 1 is 1.50 bits per heavy atom. The number of aryl methyl sites for hydroxylation is 1. The summed E-state index contributed by atoms with van der Waals surface area (Å²) in [6, 6.07) is 1.73. The fourth-order valence-electron chi connectivity index (χ4n) is 2.50. The molecule has 1 aliphatic heterocycles. The summed E-state index contributed by atoms with van der Waals surface area (Å²) in [5.74, 6) is 0.0239. The molecule has 1 saturated heterocycles. The van der Waals surface area contributed by atoms with E-state index in [4.69, 9.17) is 0 Å². The third-order valence-electron chi connectivity index (χ3n) is 3.60. The van der Waals surface area contributed by atoms with Crippen molar-refractivity contribution in [1.29, 1.82) is 0 Å². The van der Waals surface area contributed by atoms with Gasteiger partial charge in [-0.05, 0) is 31.4 Å². The van der Waals surface area contributed by atoms with E-state index >= 15 is 0 Å². The van der Waals surface area contributed by atoms with Crippen molar-refractivity contribution in [3.63, 3.8) is 0 Å². The molecule has 1 unspecified atom stereocenters. The van der Waals surface area contributed by atoms with Gasteiger partial charge >= 0.3 is 0 Å². The van der Waals surface area contributed by atoms with Crippen LogP contribution in [0.1, 0.15) is 41.6 Å². The third kappa shape index (κ3) is 2.70. The van der Waals surface area contributed by atoms with Gasteiger partial charge in [-0.3, -0.25) is 9.78 Å². The van der Waals surface area contributed by atoms with Gasteiger partial charge in [0, 0.05) is 24.5 Å². The summed E-state index contributed by atoms with van der Waals surface area (Å²) in [4.78, 5) is 18.4. The Kier molecular flexibility index (Phi) is 4.31. The van der Waals surface area contributed by atoms with Crippen molar-refractivity contribution in [3.05, 3.63) is 29.6 Å². The first kappa shape index (κ1) is 13.0. The molecule has 2 rings (SSSR count). The number of carbonyl (C=O) groups is 1. The van der Waals surface area contributed by atoms with E-state index in [0.29, 0.717) is 5.56 Å². The first-order valence-corrected chi connectivity index (χ1v) is 6.56. The Bertz CT molecular complexity index is 420. The lowest BCUT2D eigenvalue weighted by Gasteiger charge is -2.29. The summed E-state index contributed by atoms with van der Waals surface area (Å²) < 4.78 is 0. The molecule has 1 aromatic heterocycles. The van der Waals surface area contributed by atoms with Gasteiger partial charge in [-0.15, -0.1) is 0 Å². The van der Waals surface area contributed by atoms with Gasteiger partial charge in [0.2, 0.25) is 0 Å². The van der Waals surface area contributed by atoms with Gasteiger partial charge in [0.1, 0.15) is 0 Å². The van der Waals surface area contributed by atoms with Crippen LogP contribution in [0.3, 0.4) is 0 Å². The molecule has 1 atom stereocenters. The number of aliphatic hydroxyl groups excluding tert-OH is 1. The minimum Gasteiger partial charge on any atom is -0.394 e. The summed E-state index contributed by atoms with van der Waals surface area (Å²) in [5.41, 5.74) is 1.59. The van der Waals surface area contributed by atoms with Crippen LogP contribution in [0.15, 0.2) is 18.5 Å². The van der Waals surface area contributed by atoms with Gasteiger partial charge in [-0.25, -0.2) is 0 Å². The van der Waals surface area contributed by atoms with Crippen molar-refractivity contribution in [2.75, 3.05) is 13.2 Å². The van der Waals surface area contributed by atoms with E-state index in [1.807, 2.05) is 11.8 Å². The highest BCUT2D eigenvalue weighted by Crippen LogP contribution is 2.20. The zero-order valence-electron chi connectivity index (χ0n) is 10.8. The van der Waals surface area contributed by atoms with Gasteiger partial charge in [0.15, 0.2) is 0 Å². The molecule has 0 aromatic carbocycles. The molecule has 0 radical (unpaired) electrons. The molecule has 1 aliphatic rings. The SMILES string of the molecule is Cc1cnccc1C(=O)N1CCCCCC1CO. The van der Waals surface area contributed by atoms with E-state index < -0.39 is 0 Å². The fourth-order valence-corrected chi connectivity index (χ4v) is 2.50. The second kappa shape index (κ2) is 5.96. The molecule has 1 amide bonds. The number of likely N-dealkylation sites (tertiary alicyclic amines) is 1. The molecule has 18 heavy (non-hydrogen) atoms. The molecule has 98 valence electrons. The van der Waals surface area contributed by atoms with E-state index in [-0.39, 0.29) is 18.6 Å². The van der Waals surface area contributed by atoms with Crippen molar-refractivity contribution < 1.29 is 9.90 Å². The number of carbonyl (C=O) groups excluding carboxylic acids is 1. The number of nitrogens with zero attached hydrogens (tertiary/aromatic N) is 2. The van der Waals surface area contributed by atoms with Gasteiger partial charge in [0.25, 0.3) is 5.91 Å². The Morgan fingerprint density at radius 2 is 2.33 bits per heavy atom. The van der Waals surface area contributed by atoms with E-state index in [1.54, 1.807) is 18.5 Å². The first-order chi connectivity index (χ1) is 8.74. The van der Waals surface area contributed by atoms with Gasteiger partial charge in [-0.1, -0.05) is 12.8 Å². The number of hydrogen-bond donors (Lipinski definition) is 1. The Balaban J connectivity index is 2.23. The molecule has 1 aromatic rings. The number of rotatable bonds is 2. The second-order valence-corrected chi connectivity index (χ2v) is 4.87. The topological polar surface area (TPSA) is 53.4 Å². The smallest absolute Gasteiger partial charge is 0.254 e. The second-order valence-electron chi connectivity index (χ2n) is 4.87. The van der Waals surface area contributed by atoms with E-state index in [2.05, 4.69) is 4.98 Å². The van der Waals surface area contributed by atoms with Crippen LogP contribution in [-0.4, -0.2) is 40.1 Å². The Morgan fingerprint density at radius 3 is 3.06 bits per heavy atom. The Labute approximate surface area is 108 Å². The predicted octanol–water partition coefficient (Wildman–Crippen LogP) is 1.77. The van der Waals surface area contributed by atoms with Crippen LogP contribution in [0.5, 0.6) is 0 Å². The normalized spacial score (nSPS) is 20.6. The van der Waals surface area contributed by atoms with Crippen LogP contribution >= 0.6 is 0 Å². The molecular weight excluding hydrogens is 228 g/mol. The zero-order chi connectivity index (χ0) is 13.0. The van der Waals surface area contributed by atoms with Crippen LogP contribution in [0, 0.1) is 6.92 Å². The van der Waals surface area contributed by atoms with Crippen LogP contribution in [0.4, 0.5) is 0 Å². The molecule has 1 fully saturated rings. The molecule has 1 N–H and O–H groups in total. The highest BCUT2D eigenvalue weighted by Gasteiger charge is 2.26. The van der Waals surface area contributed by atoms with Crippen molar-refractivity contribution in [3.8, 4) is 0 Å². The maximum atomic E-state index is 12.5. The van der Waals surface area contributed by atoms with Crippen LogP contribution in [0.25, 0.3) is 0 Å². The Hall–Kier alpha value is -1.42. The number of aliphatic hydroxyl groups is 1. The van der Waals surface area contributed by atoms with E-state index in [9.17, 15) is 9.90 Å². The summed E-state index contributed by atoms with van der Waals surface area (Å²) in [6.45, 7) is 2.69. The first-order valence-electron chi connectivity index (χ1n) is 6.56. The van der Waals surface area contributed by atoms with Crippen molar-refractivity contribution in [2.45, 2.75) is 38.6 Å². The molecular formula is C14H20N2O2. The maximum Gasteiger partial charge on any atom is 0.254 e. The molecule has 0 aliphatic carbocycles. The summed E-state index contributed by atoms with van der Waals surface area (Å²) in [6.07, 6.45) is 7.49. The quantitative estimate of drug-likeness (QED) is 0.867. The molecule has 0 spiro atoms. The third-order valence-corrected chi connectivity index (χ3v) is 3.60. The summed E-state index contributed by atoms with van der Waals surface area (Å²) in [5, 5.41) is 9.45. The lowest BCUT2D eigenvalue weighted by molar-refractivity contribution is 0.0599. The van der Waals surface area contributed by atoms with Gasteiger partial charge < -0.3 is 10.0 Å². The summed E-state index contributed by atoms with van der Waals surface area (Å²) in [7, 11) is 0. The molecule has 4 nitrogen and oxygen atoms in total. The van der Waals surface area contributed by atoms with Crippen molar-refractivity contribution in [2.24, 2.45) is 0 Å². The minimum absolute atomic E-state index is 0.0239. The molecule has 2 heterocycles. The molecule has 0 bridgehead atoms. The fraction of sp³-hybridized carbons (Fsp3) is 0.571. The largest absolute Gasteiger partial charge is 0.394 e. The number of pyridine rings is 1. The van der Waals surface area contributed by atoms with E-state index in [1.165, 1.54) is 0 Å². The zero-order valence-corrected chi connectivity index (χ0v) is 10.8. The van der Waals surface area contributed by atoms with Crippen molar-refractivity contribution in [1.82, 2.24) is 9.88 Å². The predicted molar refractivity (Wildman–Crippen MR) is 69.4 cm³/mol. The molecule has 4 heteroatoms. The summed E-state index contributed by atoms with van der Waals surface area (Å²) >= 11 is 0. The monoisotopic (exact) mass is 248 g/mol. The van der Waals surface area contributed by atoms with Crippen LogP contribution < -0.4 is 0 Å². The average Bonchev–Trinajstić information content (AvgIpc) is 2.63. The van der Waals surface area contributed by atoms with Crippen molar-refractivity contribution >= 4 is 5.91 Å². The lowest BCUT2D eigenvalue weighted by Crippen LogP contribution is -2.42. The average molecular weight is 248 g/mol. The maximum absolute atomic E-state index is 12.5. The lowest BCUT2D eigenvalue weighted by atomic mass is 10.1. The number of aromatic nitrogens is 1. The highest BCUT2D eigenvalue weighted by atomic mass is 16.3. The molecule has 0 saturated carbocycles. The van der Waals surface area contributed by atoms with Crippen LogP contribution in [-0.2, 0) is 0 Å².